The van der Waals surface area contributed by atoms with Crippen molar-refractivity contribution in [2.24, 2.45) is 5.41 Å². The molecule has 1 saturated carbocycles. The number of carbonyl (C=O) groups is 1. The third-order valence-corrected chi connectivity index (χ3v) is 7.90. The number of aromatic carboxylic acids is 1. The number of halogens is 4. The number of aromatic nitrogens is 3. The van der Waals surface area contributed by atoms with Crippen LogP contribution in [0.2, 0.25) is 0 Å². The molecule has 43 heavy (non-hydrogen) atoms. The van der Waals surface area contributed by atoms with Crippen LogP contribution < -0.4 is 4.74 Å². The highest BCUT2D eigenvalue weighted by atomic mass is 19.1. The highest BCUT2D eigenvalue weighted by Gasteiger charge is 2.44. The summed E-state index contributed by atoms with van der Waals surface area (Å²) < 4.78 is 64.7. The van der Waals surface area contributed by atoms with Crippen LogP contribution in [0.15, 0.2) is 48.5 Å². The van der Waals surface area contributed by atoms with Gasteiger partial charge in [-0.2, -0.15) is 5.26 Å². The summed E-state index contributed by atoms with van der Waals surface area (Å²) in [4.78, 5) is 22.5. The van der Waals surface area contributed by atoms with Gasteiger partial charge >= 0.3 is 5.97 Å². The van der Waals surface area contributed by atoms with Gasteiger partial charge in [-0.1, -0.05) is 6.08 Å². The molecule has 0 amide bonds. The van der Waals surface area contributed by atoms with Gasteiger partial charge in [0.1, 0.15) is 29.5 Å². The highest BCUT2D eigenvalue weighted by Crippen LogP contribution is 2.48. The zero-order chi connectivity index (χ0) is 30.3. The molecule has 220 valence electrons. The number of pyridine rings is 1. The molecular formula is C31H25F4N5O3. The molecule has 0 unspecified atom stereocenters. The fraction of sp³-hybridized carbons (Fsp3) is 0.290. The fourth-order valence-corrected chi connectivity index (χ4v) is 5.21. The van der Waals surface area contributed by atoms with Crippen molar-refractivity contribution in [1.82, 2.24) is 19.4 Å². The third kappa shape index (κ3) is 5.68. The maximum Gasteiger partial charge on any atom is 0.335 e. The Kier molecular flexibility index (Phi) is 7.35. The lowest BCUT2D eigenvalue weighted by Gasteiger charge is -2.19. The van der Waals surface area contributed by atoms with Crippen molar-refractivity contribution >= 4 is 22.6 Å². The number of fused-ring (bicyclic) bond motifs is 1. The summed E-state index contributed by atoms with van der Waals surface area (Å²) in [5, 5.41) is 18.3. The molecule has 3 heterocycles. The van der Waals surface area contributed by atoms with Gasteiger partial charge in [0.25, 0.3) is 0 Å². The summed E-state index contributed by atoms with van der Waals surface area (Å²) in [6.45, 7) is 0.551. The number of rotatable bonds is 10. The number of benzene rings is 2. The van der Waals surface area contributed by atoms with Crippen LogP contribution in [0.3, 0.4) is 0 Å². The maximum absolute atomic E-state index is 14.9. The van der Waals surface area contributed by atoms with E-state index in [4.69, 9.17) is 10.00 Å². The molecule has 4 aromatic rings. The molecule has 0 spiro atoms. The van der Waals surface area contributed by atoms with E-state index in [0.29, 0.717) is 43.0 Å². The Morgan fingerprint density at radius 3 is 2.58 bits per heavy atom. The molecule has 6 rings (SSSR count). The minimum absolute atomic E-state index is 0.0203. The largest absolute Gasteiger partial charge is 0.484 e. The van der Waals surface area contributed by atoms with Crippen molar-refractivity contribution in [2.45, 2.75) is 32.5 Å². The van der Waals surface area contributed by atoms with Gasteiger partial charge in [-0.15, -0.1) is 0 Å². The molecule has 1 aliphatic heterocycles. The average Bonchev–Trinajstić information content (AvgIpc) is 3.48. The first-order valence-corrected chi connectivity index (χ1v) is 13.6. The summed E-state index contributed by atoms with van der Waals surface area (Å²) >= 11 is 0. The molecule has 8 nitrogen and oxygen atoms in total. The van der Waals surface area contributed by atoms with Crippen LogP contribution in [0.1, 0.15) is 46.0 Å². The van der Waals surface area contributed by atoms with Crippen LogP contribution in [-0.2, 0) is 19.7 Å². The normalized spacial score (nSPS) is 15.8. The Morgan fingerprint density at radius 1 is 1.07 bits per heavy atom. The smallest absolute Gasteiger partial charge is 0.335 e. The van der Waals surface area contributed by atoms with E-state index in [1.54, 1.807) is 4.57 Å². The number of nitrogens with zero attached hydrogens (tertiary/aromatic N) is 5. The molecule has 1 fully saturated rings. The molecule has 1 aliphatic carbocycles. The Balaban J connectivity index is 1.20. The van der Waals surface area contributed by atoms with Crippen molar-refractivity contribution in [3.63, 3.8) is 0 Å². The van der Waals surface area contributed by atoms with Gasteiger partial charge in [0.15, 0.2) is 17.4 Å². The second-order valence-electron chi connectivity index (χ2n) is 10.9. The number of ether oxygens (including phenoxy) is 1. The number of nitriles is 1. The van der Waals surface area contributed by atoms with Crippen molar-refractivity contribution in [3.05, 3.63) is 94.3 Å². The lowest BCUT2D eigenvalue weighted by atomic mass is 10.1. The lowest BCUT2D eigenvalue weighted by molar-refractivity contribution is 0.0696. The number of alkyl halides is 1. The summed E-state index contributed by atoms with van der Waals surface area (Å²) in [6.07, 6.45) is 3.28. The maximum atomic E-state index is 14.9. The number of imidazole rings is 1. The van der Waals surface area contributed by atoms with Crippen molar-refractivity contribution in [1.29, 1.82) is 5.26 Å². The standard InChI is InChI=1S/C31H25F4N5O3/c32-16-31(6-7-31)17-40-26-11-20(30(41)42)10-23(35)29(26)38-28(40)14-39-8-5-19(13-39)24-3-2-21(33)25(37-24)15-43-27-4-1-18(12-36)9-22(27)34/h1-5,9-11H,6-8,13-17H2,(H,41,42). The quantitative estimate of drug-likeness (QED) is 0.238. The first-order valence-electron chi connectivity index (χ1n) is 13.6. The monoisotopic (exact) mass is 591 g/mol. The molecule has 2 aromatic heterocycles. The molecule has 0 bridgehead atoms. The average molecular weight is 592 g/mol. The molecule has 12 heteroatoms. The number of carboxylic acids is 1. The Labute approximate surface area is 243 Å². The Hall–Kier alpha value is -4.76. The zero-order valence-corrected chi connectivity index (χ0v) is 22.8. The van der Waals surface area contributed by atoms with E-state index in [0.717, 1.165) is 17.7 Å². The van der Waals surface area contributed by atoms with Crippen LogP contribution in [0.4, 0.5) is 17.6 Å². The number of hydrogen-bond donors (Lipinski definition) is 1. The molecule has 2 aromatic carbocycles. The van der Waals surface area contributed by atoms with E-state index in [1.807, 2.05) is 17.0 Å². The van der Waals surface area contributed by atoms with Crippen molar-refractivity contribution in [2.75, 3.05) is 19.8 Å². The Bertz CT molecular complexity index is 1830. The van der Waals surface area contributed by atoms with Gasteiger partial charge in [0.2, 0.25) is 0 Å². The molecule has 0 atom stereocenters. The number of carboxylic acid groups (broad SMARTS) is 1. The van der Waals surface area contributed by atoms with Crippen LogP contribution in [0.5, 0.6) is 5.75 Å². The van der Waals surface area contributed by atoms with E-state index < -0.39 is 35.5 Å². The molecule has 2 aliphatic rings. The van der Waals surface area contributed by atoms with Crippen molar-refractivity contribution in [3.8, 4) is 11.8 Å². The highest BCUT2D eigenvalue weighted by molar-refractivity contribution is 5.92. The first-order chi connectivity index (χ1) is 20.7. The van der Waals surface area contributed by atoms with Gasteiger partial charge in [0.05, 0.1) is 41.6 Å². The predicted molar refractivity (Wildman–Crippen MR) is 147 cm³/mol. The van der Waals surface area contributed by atoms with Gasteiger partial charge in [-0.05, 0) is 60.9 Å². The molecule has 1 N–H and O–H groups in total. The predicted octanol–water partition coefficient (Wildman–Crippen LogP) is 5.65. The van der Waals surface area contributed by atoms with Crippen LogP contribution in [-0.4, -0.2) is 50.3 Å². The summed E-state index contributed by atoms with van der Waals surface area (Å²) in [6, 6.07) is 10.7. The number of hydrogen-bond acceptors (Lipinski definition) is 6. The third-order valence-electron chi connectivity index (χ3n) is 7.90. The fourth-order valence-electron chi connectivity index (χ4n) is 5.21. The van der Waals surface area contributed by atoms with Gasteiger partial charge in [-0.25, -0.2) is 27.9 Å². The van der Waals surface area contributed by atoms with E-state index in [2.05, 4.69) is 9.97 Å². The molecular weight excluding hydrogens is 566 g/mol. The topological polar surface area (TPSA) is 104 Å². The summed E-state index contributed by atoms with van der Waals surface area (Å²) in [5.41, 5.74) is 0.981. The van der Waals surface area contributed by atoms with Gasteiger partial charge in [0, 0.05) is 25.0 Å². The van der Waals surface area contributed by atoms with Crippen LogP contribution >= 0.6 is 0 Å². The molecule has 0 saturated heterocycles. The van der Waals surface area contributed by atoms with Gasteiger partial charge < -0.3 is 14.4 Å². The minimum atomic E-state index is -1.27. The zero-order valence-electron chi connectivity index (χ0n) is 22.8. The van der Waals surface area contributed by atoms with Crippen molar-refractivity contribution < 1.29 is 32.2 Å². The van der Waals surface area contributed by atoms with Crippen LogP contribution in [0.25, 0.3) is 16.6 Å². The molecule has 0 radical (unpaired) electrons. The lowest BCUT2D eigenvalue weighted by Crippen LogP contribution is -2.24. The van der Waals surface area contributed by atoms with E-state index in [9.17, 15) is 27.5 Å². The van der Waals surface area contributed by atoms with E-state index in [1.165, 1.54) is 30.3 Å². The first kappa shape index (κ1) is 28.4. The SMILES string of the molecule is N#Cc1ccc(OCc2nc(C3=CCN(Cc4nc5c(F)cc(C(=O)O)cc5n4CC4(CF)CC4)C3)ccc2F)c(F)c1. The Morgan fingerprint density at radius 2 is 1.88 bits per heavy atom. The second-order valence-corrected chi connectivity index (χ2v) is 10.9. The van der Waals surface area contributed by atoms with Crippen LogP contribution in [0, 0.1) is 34.2 Å². The summed E-state index contributed by atoms with van der Waals surface area (Å²) in [5.74, 6) is -3.04. The minimum Gasteiger partial charge on any atom is -0.484 e. The van der Waals surface area contributed by atoms with E-state index in [-0.39, 0.29) is 47.8 Å². The van der Waals surface area contributed by atoms with Gasteiger partial charge in [-0.3, -0.25) is 9.29 Å². The van der Waals surface area contributed by atoms with E-state index >= 15 is 0 Å². The second kappa shape index (κ2) is 11.1. The summed E-state index contributed by atoms with van der Waals surface area (Å²) in [7, 11) is 0.